The van der Waals surface area contributed by atoms with Gasteiger partial charge in [-0.3, -0.25) is 24.2 Å². The number of anilines is 1. The third kappa shape index (κ3) is 7.33. The fourth-order valence-electron chi connectivity index (χ4n) is 3.78. The average Bonchev–Trinajstić information content (AvgIpc) is 2.98. The van der Waals surface area contributed by atoms with Crippen molar-refractivity contribution in [3.05, 3.63) is 29.8 Å². The first-order chi connectivity index (χ1) is 14.7. The minimum Gasteiger partial charge on any atom is -0.348 e. The van der Waals surface area contributed by atoms with Crippen molar-refractivity contribution in [3.63, 3.8) is 0 Å². The molecule has 0 aromatic heterocycles. The monoisotopic (exact) mass is 431 g/mol. The number of carbonyl (C=O) groups is 3. The van der Waals surface area contributed by atoms with Crippen LogP contribution in [0.1, 0.15) is 25.8 Å². The Kier molecular flexibility index (Phi) is 9.45. The van der Waals surface area contributed by atoms with Crippen molar-refractivity contribution in [1.82, 2.24) is 19.6 Å². The number of aryl methyl sites for hydroxylation is 1. The van der Waals surface area contributed by atoms with Crippen LogP contribution in [0.15, 0.2) is 24.3 Å². The van der Waals surface area contributed by atoms with Crippen molar-refractivity contribution in [1.29, 1.82) is 0 Å². The van der Waals surface area contributed by atoms with Gasteiger partial charge in [-0.05, 0) is 37.9 Å². The van der Waals surface area contributed by atoms with Crippen molar-refractivity contribution in [2.45, 2.75) is 32.7 Å². The van der Waals surface area contributed by atoms with Crippen LogP contribution in [-0.2, 0) is 20.8 Å². The maximum Gasteiger partial charge on any atom is 0.243 e. The number of carbonyl (C=O) groups excluding carboxylic acids is 3. The van der Waals surface area contributed by atoms with Gasteiger partial charge in [0, 0.05) is 46.5 Å². The Labute approximate surface area is 186 Å². The normalized spacial score (nSPS) is 16.3. The number of benzene rings is 1. The molecular weight excluding hydrogens is 394 g/mol. The Bertz CT molecular complexity index is 767. The number of likely N-dealkylation sites (N-methyl/N-ethyl adjacent to an activating group) is 2. The molecule has 0 saturated carbocycles. The molecule has 8 heteroatoms. The van der Waals surface area contributed by atoms with E-state index in [1.165, 1.54) is 4.90 Å². The highest BCUT2D eigenvalue weighted by Gasteiger charge is 2.27. The Morgan fingerprint density at radius 3 is 2.45 bits per heavy atom. The second-order valence-electron chi connectivity index (χ2n) is 8.38. The van der Waals surface area contributed by atoms with E-state index in [0.717, 1.165) is 50.3 Å². The molecule has 0 spiro atoms. The average molecular weight is 432 g/mol. The summed E-state index contributed by atoms with van der Waals surface area (Å²) in [7, 11) is 5.20. The maximum atomic E-state index is 12.9. The highest BCUT2D eigenvalue weighted by atomic mass is 16.2. The van der Waals surface area contributed by atoms with Crippen molar-refractivity contribution >= 4 is 23.4 Å². The molecule has 1 aromatic carbocycles. The standard InChI is InChI=1S/C23H37N5O3/c1-6-19-10-7-8-11-20(19)24-21(29)16-26(5)23(31)18(2)28-13-9-12-27(14-15-28)17-22(30)25(3)4/h7-8,10-11,18H,6,9,12-17H2,1-5H3,(H,24,29)/t18-/m0/s1. The van der Waals surface area contributed by atoms with Crippen LogP contribution in [-0.4, -0.2) is 104 Å². The molecule has 8 nitrogen and oxygen atoms in total. The number of hydrogen-bond donors (Lipinski definition) is 1. The van der Waals surface area contributed by atoms with Crippen molar-refractivity contribution in [2.24, 2.45) is 0 Å². The van der Waals surface area contributed by atoms with Crippen LogP contribution in [0.5, 0.6) is 0 Å². The molecule has 0 bridgehead atoms. The first kappa shape index (κ1) is 24.8. The largest absolute Gasteiger partial charge is 0.348 e. The van der Waals surface area contributed by atoms with Crippen LogP contribution < -0.4 is 5.32 Å². The van der Waals surface area contributed by atoms with Gasteiger partial charge in [-0.2, -0.15) is 0 Å². The SMILES string of the molecule is CCc1ccccc1NC(=O)CN(C)C(=O)[C@H](C)N1CCCN(CC(=O)N(C)C)CC1. The number of rotatable bonds is 8. The van der Waals surface area contributed by atoms with E-state index >= 15 is 0 Å². The van der Waals surface area contributed by atoms with Gasteiger partial charge in [0.2, 0.25) is 17.7 Å². The molecule has 1 fully saturated rings. The molecule has 1 N–H and O–H groups in total. The zero-order valence-corrected chi connectivity index (χ0v) is 19.6. The van der Waals surface area contributed by atoms with E-state index in [2.05, 4.69) is 15.1 Å². The number of nitrogens with one attached hydrogen (secondary N) is 1. The zero-order chi connectivity index (χ0) is 23.0. The van der Waals surface area contributed by atoms with Crippen LogP contribution in [0.4, 0.5) is 5.69 Å². The third-order valence-corrected chi connectivity index (χ3v) is 5.82. The van der Waals surface area contributed by atoms with Crippen LogP contribution in [0.2, 0.25) is 0 Å². The van der Waals surface area contributed by atoms with Crippen LogP contribution in [0.3, 0.4) is 0 Å². The highest BCUT2D eigenvalue weighted by Crippen LogP contribution is 2.15. The summed E-state index contributed by atoms with van der Waals surface area (Å²) in [6.07, 6.45) is 1.73. The van der Waals surface area contributed by atoms with Gasteiger partial charge in [-0.25, -0.2) is 0 Å². The first-order valence-corrected chi connectivity index (χ1v) is 11.0. The van der Waals surface area contributed by atoms with E-state index in [9.17, 15) is 14.4 Å². The van der Waals surface area contributed by atoms with E-state index in [4.69, 9.17) is 0 Å². The Balaban J connectivity index is 1.87. The molecule has 1 saturated heterocycles. The van der Waals surface area contributed by atoms with Crippen molar-refractivity contribution in [2.75, 3.05) is 65.7 Å². The van der Waals surface area contributed by atoms with Gasteiger partial charge in [-0.1, -0.05) is 25.1 Å². The smallest absolute Gasteiger partial charge is 0.243 e. The minimum atomic E-state index is -0.315. The van der Waals surface area contributed by atoms with Gasteiger partial charge < -0.3 is 15.1 Å². The topological polar surface area (TPSA) is 76.2 Å². The van der Waals surface area contributed by atoms with Gasteiger partial charge in [-0.15, -0.1) is 0 Å². The molecule has 1 heterocycles. The molecule has 1 aliphatic heterocycles. The van der Waals surface area contributed by atoms with Crippen LogP contribution >= 0.6 is 0 Å². The predicted molar refractivity (Wildman–Crippen MR) is 123 cm³/mol. The van der Waals surface area contributed by atoms with E-state index in [0.29, 0.717) is 6.54 Å². The van der Waals surface area contributed by atoms with Gasteiger partial charge in [0.05, 0.1) is 19.1 Å². The summed E-state index contributed by atoms with van der Waals surface area (Å²) in [5.41, 5.74) is 1.86. The maximum absolute atomic E-state index is 12.9. The lowest BCUT2D eigenvalue weighted by molar-refractivity contribution is -0.137. The summed E-state index contributed by atoms with van der Waals surface area (Å²) >= 11 is 0. The molecule has 172 valence electrons. The number of para-hydroxylation sites is 1. The highest BCUT2D eigenvalue weighted by molar-refractivity contribution is 5.95. The van der Waals surface area contributed by atoms with Crippen LogP contribution in [0, 0.1) is 0 Å². The summed E-state index contributed by atoms with van der Waals surface area (Å²) in [5.74, 6) is -0.182. The van der Waals surface area contributed by atoms with Gasteiger partial charge >= 0.3 is 0 Å². The van der Waals surface area contributed by atoms with E-state index in [1.54, 1.807) is 26.0 Å². The minimum absolute atomic E-state index is 0.0124. The molecule has 1 aromatic rings. The summed E-state index contributed by atoms with van der Waals surface area (Å²) < 4.78 is 0. The van der Waals surface area contributed by atoms with Gasteiger partial charge in [0.25, 0.3) is 0 Å². The molecule has 0 unspecified atom stereocenters. The lowest BCUT2D eigenvalue weighted by Gasteiger charge is -2.30. The Hall–Kier alpha value is -2.45. The summed E-state index contributed by atoms with van der Waals surface area (Å²) in [6, 6.07) is 7.39. The van der Waals surface area contributed by atoms with Crippen molar-refractivity contribution in [3.8, 4) is 0 Å². The molecule has 0 radical (unpaired) electrons. The second kappa shape index (κ2) is 11.8. The second-order valence-corrected chi connectivity index (χ2v) is 8.38. The molecule has 31 heavy (non-hydrogen) atoms. The van der Waals surface area contributed by atoms with Gasteiger partial charge in [0.1, 0.15) is 0 Å². The summed E-state index contributed by atoms with van der Waals surface area (Å²) in [4.78, 5) is 44.8. The fourth-order valence-corrected chi connectivity index (χ4v) is 3.78. The van der Waals surface area contributed by atoms with Crippen LogP contribution in [0.25, 0.3) is 0 Å². The molecule has 1 atom stereocenters. The first-order valence-electron chi connectivity index (χ1n) is 11.0. The summed E-state index contributed by atoms with van der Waals surface area (Å²) in [5, 5.41) is 2.92. The zero-order valence-electron chi connectivity index (χ0n) is 19.6. The van der Waals surface area contributed by atoms with Gasteiger partial charge in [0.15, 0.2) is 0 Å². The third-order valence-electron chi connectivity index (χ3n) is 5.82. The number of amides is 3. The molecule has 0 aliphatic carbocycles. The number of hydrogen-bond acceptors (Lipinski definition) is 5. The van der Waals surface area contributed by atoms with Crippen molar-refractivity contribution < 1.29 is 14.4 Å². The lowest BCUT2D eigenvalue weighted by atomic mass is 10.1. The summed E-state index contributed by atoms with van der Waals surface area (Å²) in [6.45, 7) is 7.45. The molecule has 3 amide bonds. The quantitative estimate of drug-likeness (QED) is 0.668. The number of nitrogens with zero attached hydrogens (tertiary/aromatic N) is 4. The molecule has 1 aliphatic rings. The van der Waals surface area contributed by atoms with E-state index < -0.39 is 0 Å². The van der Waals surface area contributed by atoms with E-state index in [-0.39, 0.29) is 30.3 Å². The molecular formula is C23H37N5O3. The lowest BCUT2D eigenvalue weighted by Crippen LogP contribution is -2.49. The van der Waals surface area contributed by atoms with E-state index in [1.807, 2.05) is 38.1 Å². The Morgan fingerprint density at radius 2 is 1.77 bits per heavy atom. The Morgan fingerprint density at radius 1 is 1.06 bits per heavy atom. The fraction of sp³-hybridized carbons (Fsp3) is 0.609. The predicted octanol–water partition coefficient (Wildman–Crippen LogP) is 1.13. The molecule has 2 rings (SSSR count).